The number of hydrogen-bond acceptors (Lipinski definition) is 3. The zero-order valence-electron chi connectivity index (χ0n) is 10.3. The number of rotatable bonds is 3. The average Bonchev–Trinajstić information content (AvgIpc) is 3.21. The molecule has 0 unspecified atom stereocenters. The van der Waals surface area contributed by atoms with E-state index in [1.807, 2.05) is 0 Å². The summed E-state index contributed by atoms with van der Waals surface area (Å²) in [5.41, 5.74) is 0.682. The molecule has 0 bridgehead atoms. The number of carboxylic acids is 1. The van der Waals surface area contributed by atoms with Crippen LogP contribution in [0, 0.1) is 11.6 Å². The molecule has 20 heavy (non-hydrogen) atoms. The second kappa shape index (κ2) is 4.63. The smallest absolute Gasteiger partial charge is 0.339 e. The van der Waals surface area contributed by atoms with Crippen molar-refractivity contribution >= 4 is 5.97 Å². The Hall–Kier alpha value is -2.37. The molecule has 102 valence electrons. The van der Waals surface area contributed by atoms with Gasteiger partial charge in [-0.2, -0.15) is 0 Å². The van der Waals surface area contributed by atoms with Crippen LogP contribution in [0.3, 0.4) is 0 Å². The third-order valence-electron chi connectivity index (χ3n) is 3.13. The molecule has 1 aromatic heterocycles. The highest BCUT2D eigenvalue weighted by Crippen LogP contribution is 2.41. The summed E-state index contributed by atoms with van der Waals surface area (Å²) in [7, 11) is 0. The van der Waals surface area contributed by atoms with Crippen molar-refractivity contribution in [2.45, 2.75) is 18.8 Å². The minimum absolute atomic E-state index is 0.0492. The lowest BCUT2D eigenvalue weighted by molar-refractivity contribution is 0.0694. The zero-order valence-corrected chi connectivity index (χ0v) is 10.3. The van der Waals surface area contributed by atoms with Crippen LogP contribution in [0.5, 0.6) is 0 Å². The number of halogens is 2. The van der Waals surface area contributed by atoms with Gasteiger partial charge in [0.1, 0.15) is 11.6 Å². The van der Waals surface area contributed by atoms with Crippen LogP contribution in [0.15, 0.2) is 24.4 Å². The Bertz CT molecular complexity index is 679. The number of nitrogens with zero attached hydrogens (tertiary/aromatic N) is 2. The molecule has 1 fully saturated rings. The van der Waals surface area contributed by atoms with Gasteiger partial charge >= 0.3 is 5.97 Å². The lowest BCUT2D eigenvalue weighted by Gasteiger charge is -2.07. The van der Waals surface area contributed by atoms with Gasteiger partial charge in [0.2, 0.25) is 0 Å². The fraction of sp³-hybridized carbons (Fsp3) is 0.214. The Morgan fingerprint density at radius 1 is 1.20 bits per heavy atom. The van der Waals surface area contributed by atoms with Crippen molar-refractivity contribution in [1.29, 1.82) is 0 Å². The molecule has 0 aliphatic heterocycles. The standard InChI is InChI=1S/C14H10F2N2O2/c15-9-3-8(4-10(16)5-9)13-17-6-11(14(19)20)12(18-13)7-1-2-7/h3-7H,1-2H2,(H,19,20). The van der Waals surface area contributed by atoms with Gasteiger partial charge in [0.25, 0.3) is 0 Å². The second-order valence-corrected chi connectivity index (χ2v) is 4.73. The maximum absolute atomic E-state index is 13.2. The van der Waals surface area contributed by atoms with Crippen molar-refractivity contribution in [2.75, 3.05) is 0 Å². The van der Waals surface area contributed by atoms with Gasteiger partial charge in [0, 0.05) is 23.7 Å². The highest BCUT2D eigenvalue weighted by Gasteiger charge is 2.30. The number of carboxylic acid groups (broad SMARTS) is 1. The molecule has 0 radical (unpaired) electrons. The Morgan fingerprint density at radius 3 is 2.40 bits per heavy atom. The molecule has 1 saturated carbocycles. The Balaban J connectivity index is 2.10. The van der Waals surface area contributed by atoms with Crippen molar-refractivity contribution in [1.82, 2.24) is 9.97 Å². The number of carbonyl (C=O) groups is 1. The molecule has 1 aromatic carbocycles. The summed E-state index contributed by atoms with van der Waals surface area (Å²) in [6, 6.07) is 3.00. The van der Waals surface area contributed by atoms with Crippen LogP contribution in [0.1, 0.15) is 34.8 Å². The van der Waals surface area contributed by atoms with Crippen molar-refractivity contribution in [3.05, 3.63) is 47.3 Å². The summed E-state index contributed by atoms with van der Waals surface area (Å²) >= 11 is 0. The Morgan fingerprint density at radius 2 is 1.85 bits per heavy atom. The van der Waals surface area contributed by atoms with Gasteiger partial charge in [-0.25, -0.2) is 23.5 Å². The number of aromatic nitrogens is 2. The van der Waals surface area contributed by atoms with E-state index < -0.39 is 17.6 Å². The van der Waals surface area contributed by atoms with Crippen molar-refractivity contribution < 1.29 is 18.7 Å². The molecule has 0 saturated heterocycles. The predicted molar refractivity (Wildman–Crippen MR) is 66.3 cm³/mol. The van der Waals surface area contributed by atoms with Crippen LogP contribution in [0.2, 0.25) is 0 Å². The molecule has 0 atom stereocenters. The number of aromatic carboxylic acids is 1. The van der Waals surface area contributed by atoms with E-state index in [2.05, 4.69) is 9.97 Å². The maximum atomic E-state index is 13.2. The first-order valence-electron chi connectivity index (χ1n) is 6.11. The molecular weight excluding hydrogens is 266 g/mol. The largest absolute Gasteiger partial charge is 0.478 e. The molecular formula is C14H10F2N2O2. The van der Waals surface area contributed by atoms with Crippen LogP contribution >= 0.6 is 0 Å². The average molecular weight is 276 g/mol. The zero-order chi connectivity index (χ0) is 14.3. The topological polar surface area (TPSA) is 63.1 Å². The molecule has 3 rings (SSSR count). The van der Waals surface area contributed by atoms with Crippen LogP contribution in [0.25, 0.3) is 11.4 Å². The SMILES string of the molecule is O=C(O)c1cnc(-c2cc(F)cc(F)c2)nc1C1CC1. The molecule has 1 heterocycles. The van der Waals surface area contributed by atoms with E-state index in [0.717, 1.165) is 31.0 Å². The normalized spacial score (nSPS) is 14.3. The van der Waals surface area contributed by atoms with Gasteiger partial charge in [0.05, 0.1) is 11.3 Å². The Kier molecular flexibility index (Phi) is 2.93. The second-order valence-electron chi connectivity index (χ2n) is 4.73. The number of benzene rings is 1. The lowest BCUT2D eigenvalue weighted by atomic mass is 10.1. The fourth-order valence-electron chi connectivity index (χ4n) is 2.05. The molecule has 0 spiro atoms. The van der Waals surface area contributed by atoms with Crippen LogP contribution in [0.4, 0.5) is 8.78 Å². The van der Waals surface area contributed by atoms with E-state index in [1.165, 1.54) is 6.20 Å². The molecule has 6 heteroatoms. The summed E-state index contributed by atoms with van der Waals surface area (Å²) < 4.78 is 26.4. The van der Waals surface area contributed by atoms with Gasteiger partial charge in [-0.15, -0.1) is 0 Å². The van der Waals surface area contributed by atoms with E-state index in [1.54, 1.807) is 0 Å². The Labute approximate surface area is 113 Å². The van der Waals surface area contributed by atoms with E-state index in [-0.39, 0.29) is 22.9 Å². The van der Waals surface area contributed by atoms with Crippen LogP contribution in [-0.4, -0.2) is 21.0 Å². The first-order valence-corrected chi connectivity index (χ1v) is 6.11. The minimum Gasteiger partial charge on any atom is -0.478 e. The predicted octanol–water partition coefficient (Wildman–Crippen LogP) is 3.00. The van der Waals surface area contributed by atoms with Crippen molar-refractivity contribution in [3.8, 4) is 11.4 Å². The summed E-state index contributed by atoms with van der Waals surface area (Å²) in [6.45, 7) is 0. The van der Waals surface area contributed by atoms with Crippen molar-refractivity contribution in [2.24, 2.45) is 0 Å². The quantitative estimate of drug-likeness (QED) is 0.936. The monoisotopic (exact) mass is 276 g/mol. The van der Waals surface area contributed by atoms with E-state index >= 15 is 0 Å². The van der Waals surface area contributed by atoms with E-state index in [0.29, 0.717) is 5.69 Å². The van der Waals surface area contributed by atoms with Gasteiger partial charge in [-0.1, -0.05) is 0 Å². The third-order valence-corrected chi connectivity index (χ3v) is 3.13. The summed E-state index contributed by atoms with van der Waals surface area (Å²) in [5, 5.41) is 9.09. The minimum atomic E-state index is -1.09. The van der Waals surface area contributed by atoms with Gasteiger partial charge in [-0.3, -0.25) is 0 Å². The molecule has 1 N–H and O–H groups in total. The van der Waals surface area contributed by atoms with Crippen LogP contribution in [-0.2, 0) is 0 Å². The first-order chi connectivity index (χ1) is 9.54. The van der Waals surface area contributed by atoms with Gasteiger partial charge in [-0.05, 0) is 25.0 Å². The van der Waals surface area contributed by atoms with E-state index in [4.69, 9.17) is 5.11 Å². The van der Waals surface area contributed by atoms with Crippen LogP contribution < -0.4 is 0 Å². The lowest BCUT2D eigenvalue weighted by Crippen LogP contribution is -2.06. The summed E-state index contributed by atoms with van der Waals surface area (Å²) in [4.78, 5) is 19.2. The highest BCUT2D eigenvalue weighted by atomic mass is 19.1. The first kappa shape index (κ1) is 12.7. The fourth-order valence-corrected chi connectivity index (χ4v) is 2.05. The molecule has 4 nitrogen and oxygen atoms in total. The summed E-state index contributed by atoms with van der Waals surface area (Å²) in [6.07, 6.45) is 2.93. The van der Waals surface area contributed by atoms with Gasteiger partial charge in [0.15, 0.2) is 5.82 Å². The van der Waals surface area contributed by atoms with Crippen molar-refractivity contribution in [3.63, 3.8) is 0 Å². The summed E-state index contributed by atoms with van der Waals surface area (Å²) in [5.74, 6) is -2.31. The van der Waals surface area contributed by atoms with E-state index in [9.17, 15) is 13.6 Å². The molecule has 1 aliphatic rings. The highest BCUT2D eigenvalue weighted by molar-refractivity contribution is 5.89. The molecule has 2 aromatic rings. The molecule has 0 amide bonds. The maximum Gasteiger partial charge on any atom is 0.339 e. The van der Waals surface area contributed by atoms with Gasteiger partial charge < -0.3 is 5.11 Å². The third kappa shape index (κ3) is 2.36. The molecule has 1 aliphatic carbocycles. The number of hydrogen-bond donors (Lipinski definition) is 1.